The maximum Gasteiger partial charge on any atom is 0.191 e. The lowest BCUT2D eigenvalue weighted by molar-refractivity contribution is 0.124. The zero-order valence-corrected chi connectivity index (χ0v) is 12.5. The molecule has 1 aromatic carbocycles. The second-order valence-corrected chi connectivity index (χ2v) is 6.54. The van der Waals surface area contributed by atoms with Gasteiger partial charge in [-0.2, -0.15) is 0 Å². The van der Waals surface area contributed by atoms with Crippen LogP contribution in [0.3, 0.4) is 0 Å². The van der Waals surface area contributed by atoms with E-state index in [1.807, 2.05) is 0 Å². The van der Waals surface area contributed by atoms with E-state index in [4.69, 9.17) is 4.74 Å². The highest BCUT2D eigenvalue weighted by atomic mass is 19.1. The van der Waals surface area contributed by atoms with E-state index in [2.05, 4.69) is 12.2 Å². The van der Waals surface area contributed by atoms with Crippen LogP contribution in [0, 0.1) is 17.6 Å². The zero-order chi connectivity index (χ0) is 14.8. The number of nitrogens with one attached hydrogen (secondary N) is 1. The largest absolute Gasteiger partial charge is 0.484 e. The number of halogens is 2. The molecule has 116 valence electrons. The molecule has 0 saturated heterocycles. The monoisotopic (exact) mass is 295 g/mol. The summed E-state index contributed by atoms with van der Waals surface area (Å²) in [6, 6.07) is 3.30. The van der Waals surface area contributed by atoms with Crippen molar-refractivity contribution in [1.29, 1.82) is 0 Å². The van der Waals surface area contributed by atoms with Gasteiger partial charge in [-0.05, 0) is 62.1 Å². The van der Waals surface area contributed by atoms with Crippen LogP contribution in [0.15, 0.2) is 12.1 Å². The van der Waals surface area contributed by atoms with E-state index in [1.165, 1.54) is 12.1 Å². The molecule has 0 bridgehead atoms. The Hall–Kier alpha value is -1.16. The molecule has 1 N–H and O–H groups in total. The molecule has 0 radical (unpaired) electrons. The van der Waals surface area contributed by atoms with Gasteiger partial charge in [0, 0.05) is 12.6 Å². The maximum absolute atomic E-state index is 14.1. The molecule has 2 fully saturated rings. The first kappa shape index (κ1) is 14.8. The van der Waals surface area contributed by atoms with E-state index in [0.717, 1.165) is 38.5 Å². The lowest BCUT2D eigenvalue weighted by Crippen LogP contribution is -2.24. The van der Waals surface area contributed by atoms with Crippen molar-refractivity contribution < 1.29 is 13.5 Å². The highest BCUT2D eigenvalue weighted by Gasteiger charge is 2.24. The molecule has 1 aromatic rings. The van der Waals surface area contributed by atoms with Crippen molar-refractivity contribution in [3.63, 3.8) is 0 Å². The Morgan fingerprint density at radius 2 is 1.67 bits per heavy atom. The van der Waals surface area contributed by atoms with Gasteiger partial charge in [-0.15, -0.1) is 0 Å². The minimum absolute atomic E-state index is 0.0550. The number of rotatable bonds is 5. The summed E-state index contributed by atoms with van der Waals surface area (Å²) in [4.78, 5) is 0. The third-order valence-electron chi connectivity index (χ3n) is 4.48. The Labute approximate surface area is 124 Å². The normalized spacial score (nSPS) is 25.9. The van der Waals surface area contributed by atoms with Crippen LogP contribution in [-0.2, 0) is 6.54 Å². The summed E-state index contributed by atoms with van der Waals surface area (Å²) in [6.45, 7) is 2.72. The van der Waals surface area contributed by atoms with E-state index in [-0.39, 0.29) is 11.9 Å². The molecule has 4 heteroatoms. The van der Waals surface area contributed by atoms with Gasteiger partial charge in [0.05, 0.1) is 6.10 Å². The van der Waals surface area contributed by atoms with Crippen molar-refractivity contribution in [2.24, 2.45) is 5.92 Å². The fourth-order valence-corrected chi connectivity index (χ4v) is 2.89. The van der Waals surface area contributed by atoms with Crippen molar-refractivity contribution in [2.75, 3.05) is 0 Å². The van der Waals surface area contributed by atoms with E-state index in [1.54, 1.807) is 0 Å². The average Bonchev–Trinajstić information content (AvgIpc) is 3.27. The fraction of sp³-hybridized carbons (Fsp3) is 0.647. The first-order valence-electron chi connectivity index (χ1n) is 8.00. The predicted octanol–water partition coefficient (Wildman–Crippen LogP) is 4.17. The second-order valence-electron chi connectivity index (χ2n) is 6.54. The third-order valence-corrected chi connectivity index (χ3v) is 4.48. The summed E-state index contributed by atoms with van der Waals surface area (Å²) in [5.41, 5.74) is 0.640. The Morgan fingerprint density at radius 1 is 1.05 bits per heavy atom. The zero-order valence-electron chi connectivity index (χ0n) is 12.5. The van der Waals surface area contributed by atoms with Crippen LogP contribution in [0.25, 0.3) is 0 Å². The standard InChI is InChI=1S/C17H23F2NO/c1-11-2-6-14(7-3-11)21-17-15(18)8-12(9-16(17)19)10-20-13-4-5-13/h8-9,11,13-14,20H,2-7,10H2,1H3. The molecule has 0 heterocycles. The molecule has 2 saturated carbocycles. The molecule has 0 unspecified atom stereocenters. The lowest BCUT2D eigenvalue weighted by atomic mass is 9.89. The smallest absolute Gasteiger partial charge is 0.191 e. The van der Waals surface area contributed by atoms with Crippen molar-refractivity contribution in [1.82, 2.24) is 5.32 Å². The molecule has 2 aliphatic rings. The number of ether oxygens (including phenoxy) is 1. The van der Waals surface area contributed by atoms with Crippen LogP contribution >= 0.6 is 0 Å². The molecular weight excluding hydrogens is 272 g/mol. The van der Waals surface area contributed by atoms with Gasteiger partial charge in [0.1, 0.15) is 0 Å². The van der Waals surface area contributed by atoms with Gasteiger partial charge >= 0.3 is 0 Å². The summed E-state index contributed by atoms with van der Waals surface area (Å²) in [7, 11) is 0. The predicted molar refractivity (Wildman–Crippen MR) is 78.3 cm³/mol. The van der Waals surface area contributed by atoms with Gasteiger partial charge in [-0.3, -0.25) is 0 Å². The number of hydrogen-bond donors (Lipinski definition) is 1. The van der Waals surface area contributed by atoms with Crippen molar-refractivity contribution in [3.05, 3.63) is 29.3 Å². The summed E-state index contributed by atoms with van der Waals surface area (Å²) in [6.07, 6.45) is 6.16. The van der Waals surface area contributed by atoms with Crippen LogP contribution in [0.5, 0.6) is 5.75 Å². The molecule has 0 aromatic heterocycles. The fourth-order valence-electron chi connectivity index (χ4n) is 2.89. The average molecular weight is 295 g/mol. The minimum atomic E-state index is -0.582. The summed E-state index contributed by atoms with van der Waals surface area (Å²) >= 11 is 0. The molecule has 0 amide bonds. The Kier molecular flexibility index (Phi) is 4.43. The van der Waals surface area contributed by atoms with Gasteiger partial charge in [-0.25, -0.2) is 8.78 Å². The van der Waals surface area contributed by atoms with Crippen LogP contribution < -0.4 is 10.1 Å². The van der Waals surface area contributed by atoms with Gasteiger partial charge < -0.3 is 10.1 Å². The van der Waals surface area contributed by atoms with Crippen LogP contribution in [0.4, 0.5) is 8.78 Å². The third kappa shape index (κ3) is 3.94. The van der Waals surface area contributed by atoms with Gasteiger partial charge in [-0.1, -0.05) is 6.92 Å². The lowest BCUT2D eigenvalue weighted by Gasteiger charge is -2.27. The Bertz CT molecular complexity index is 471. The highest BCUT2D eigenvalue weighted by Crippen LogP contribution is 2.30. The highest BCUT2D eigenvalue weighted by molar-refractivity contribution is 5.31. The van der Waals surface area contributed by atoms with Gasteiger partial charge in [0.15, 0.2) is 17.4 Å². The maximum atomic E-state index is 14.1. The minimum Gasteiger partial charge on any atom is -0.484 e. The molecular formula is C17H23F2NO. The van der Waals surface area contributed by atoms with Crippen LogP contribution in [0.1, 0.15) is 51.0 Å². The Balaban J connectivity index is 1.64. The number of benzene rings is 1. The SMILES string of the molecule is CC1CCC(Oc2c(F)cc(CNC3CC3)cc2F)CC1. The summed E-state index contributed by atoms with van der Waals surface area (Å²) < 4.78 is 33.8. The quantitative estimate of drug-likeness (QED) is 0.880. The van der Waals surface area contributed by atoms with E-state index in [0.29, 0.717) is 24.1 Å². The van der Waals surface area contributed by atoms with Gasteiger partial charge in [0.2, 0.25) is 0 Å². The van der Waals surface area contributed by atoms with Crippen LogP contribution in [0.2, 0.25) is 0 Å². The van der Waals surface area contributed by atoms with Crippen molar-refractivity contribution in [3.8, 4) is 5.75 Å². The van der Waals surface area contributed by atoms with E-state index >= 15 is 0 Å². The second kappa shape index (κ2) is 6.30. The first-order chi connectivity index (χ1) is 10.1. The molecule has 0 atom stereocenters. The summed E-state index contributed by atoms with van der Waals surface area (Å²) in [5, 5.41) is 3.26. The molecule has 3 rings (SSSR count). The summed E-state index contributed by atoms with van der Waals surface area (Å²) in [5.74, 6) is -0.678. The molecule has 2 aliphatic carbocycles. The first-order valence-corrected chi connectivity index (χ1v) is 8.00. The Morgan fingerprint density at radius 3 is 2.24 bits per heavy atom. The van der Waals surface area contributed by atoms with E-state index in [9.17, 15) is 8.78 Å². The topological polar surface area (TPSA) is 21.3 Å². The van der Waals surface area contributed by atoms with E-state index < -0.39 is 11.6 Å². The number of hydrogen-bond acceptors (Lipinski definition) is 2. The molecule has 21 heavy (non-hydrogen) atoms. The molecule has 2 nitrogen and oxygen atoms in total. The van der Waals surface area contributed by atoms with Crippen molar-refractivity contribution in [2.45, 2.75) is 64.1 Å². The van der Waals surface area contributed by atoms with Crippen LogP contribution in [-0.4, -0.2) is 12.1 Å². The molecule has 0 spiro atoms. The van der Waals surface area contributed by atoms with Crippen molar-refractivity contribution >= 4 is 0 Å². The molecule has 0 aliphatic heterocycles. The van der Waals surface area contributed by atoms with Gasteiger partial charge in [0.25, 0.3) is 0 Å².